The van der Waals surface area contributed by atoms with Crippen LogP contribution in [0.15, 0.2) is 146 Å². The molecule has 0 amide bonds. The summed E-state index contributed by atoms with van der Waals surface area (Å²) in [6.07, 6.45) is 3.67. The molecule has 0 fully saturated rings. The Labute approximate surface area is 263 Å². The second-order valence-corrected chi connectivity index (χ2v) is 12.0. The van der Waals surface area contributed by atoms with Crippen LogP contribution in [-0.4, -0.2) is 35.3 Å². The second-order valence-electron chi connectivity index (χ2n) is 12.0. The molecule has 0 saturated carbocycles. The molecule has 0 radical (unpaired) electrons. The van der Waals surface area contributed by atoms with Gasteiger partial charge in [0.25, 0.3) is 0 Å². The average molecular weight is 577 g/mol. The first-order valence-corrected chi connectivity index (χ1v) is 15.2. The summed E-state index contributed by atoms with van der Waals surface area (Å²) in [5.74, 6) is 0.617. The monoisotopic (exact) mass is 577 g/mol. The molecule has 0 atom stereocenters. The Morgan fingerprint density at radius 1 is 0.511 bits per heavy atom. The van der Waals surface area contributed by atoms with Crippen LogP contribution in [0, 0.1) is 0 Å². The number of aromatic nitrogens is 3. The summed E-state index contributed by atoms with van der Waals surface area (Å²) in [5, 5.41) is 14.8. The number of pyridine rings is 1. The maximum absolute atomic E-state index is 11.0. The third-order valence-corrected chi connectivity index (χ3v) is 8.64. The normalized spacial score (nSPS) is 11.8. The summed E-state index contributed by atoms with van der Waals surface area (Å²) >= 11 is 0. The van der Waals surface area contributed by atoms with E-state index in [0.29, 0.717) is 5.82 Å². The third-order valence-electron chi connectivity index (χ3n) is 8.64. The third kappa shape index (κ3) is 4.62. The number of fused-ring (bicyclic) bond motifs is 3. The highest BCUT2D eigenvalue weighted by Crippen LogP contribution is 2.44. The molecule has 4 nitrogen and oxygen atoms in total. The lowest BCUT2D eigenvalue weighted by Gasteiger charge is -2.20. The van der Waals surface area contributed by atoms with Crippen LogP contribution in [0.3, 0.4) is 0 Å². The van der Waals surface area contributed by atoms with Gasteiger partial charge in [-0.25, -0.2) is 4.98 Å². The standard InChI is InChI=1S/C39H29B2N3O/c40-39(41,45)38-43-34-11-5-6-12-35(34)44(38)29-19-17-28(18-20-29)37-32-9-3-1-7-30(32)36(31-8-2-4-10-33(31)37)27-15-13-25(14-16-27)26-21-23-42-24-22-26/h1-24,45H,40-41H2. The van der Waals surface area contributed by atoms with Gasteiger partial charge in [0.15, 0.2) is 0 Å². The van der Waals surface area contributed by atoms with Crippen LogP contribution in [0.1, 0.15) is 5.82 Å². The molecule has 8 rings (SSSR count). The topological polar surface area (TPSA) is 50.9 Å². The fraction of sp³-hybridized carbons (Fsp3) is 0.0256. The predicted octanol–water partition coefficient (Wildman–Crippen LogP) is 7.10. The Morgan fingerprint density at radius 3 is 1.49 bits per heavy atom. The quantitative estimate of drug-likeness (QED) is 0.176. The van der Waals surface area contributed by atoms with Gasteiger partial charge in [0.05, 0.1) is 16.4 Å². The molecular formula is C39H29B2N3O. The fourth-order valence-corrected chi connectivity index (χ4v) is 6.60. The van der Waals surface area contributed by atoms with Crippen molar-refractivity contribution in [1.82, 2.24) is 14.5 Å². The Morgan fingerprint density at radius 2 is 0.956 bits per heavy atom. The number of imidazole rings is 1. The van der Waals surface area contributed by atoms with E-state index in [1.165, 1.54) is 43.8 Å². The van der Waals surface area contributed by atoms with Gasteiger partial charge in [-0.05, 0) is 91.3 Å². The summed E-state index contributed by atoms with van der Waals surface area (Å²) in [7, 11) is 3.57. The molecule has 2 aromatic heterocycles. The molecule has 6 aromatic carbocycles. The van der Waals surface area contributed by atoms with Crippen LogP contribution in [0.4, 0.5) is 0 Å². The minimum Gasteiger partial charge on any atom is -0.400 e. The number of rotatable bonds is 5. The summed E-state index contributed by atoms with van der Waals surface area (Å²) in [6.45, 7) is 0. The van der Waals surface area contributed by atoms with Gasteiger partial charge in [-0.15, -0.1) is 0 Å². The highest BCUT2D eigenvalue weighted by Gasteiger charge is 2.25. The van der Waals surface area contributed by atoms with Crippen molar-refractivity contribution in [1.29, 1.82) is 0 Å². The molecular weight excluding hydrogens is 548 g/mol. The number of para-hydroxylation sites is 2. The van der Waals surface area contributed by atoms with Crippen molar-refractivity contribution in [3.63, 3.8) is 0 Å². The van der Waals surface area contributed by atoms with Gasteiger partial charge in [-0.3, -0.25) is 9.55 Å². The Bertz CT molecular complexity index is 2280. The largest absolute Gasteiger partial charge is 0.400 e. The van der Waals surface area contributed by atoms with Crippen LogP contribution < -0.4 is 0 Å². The number of benzene rings is 6. The van der Waals surface area contributed by atoms with Gasteiger partial charge in [-0.1, -0.05) is 97.1 Å². The zero-order chi connectivity index (χ0) is 30.5. The first kappa shape index (κ1) is 27.1. The lowest BCUT2D eigenvalue weighted by molar-refractivity contribution is 0.205. The molecule has 0 bridgehead atoms. The molecule has 0 aliphatic carbocycles. The van der Waals surface area contributed by atoms with Gasteiger partial charge in [-0.2, -0.15) is 0 Å². The van der Waals surface area contributed by atoms with Gasteiger partial charge >= 0.3 is 0 Å². The highest BCUT2D eigenvalue weighted by atomic mass is 16.3. The Balaban J connectivity index is 1.30. The molecule has 0 saturated heterocycles. The van der Waals surface area contributed by atoms with Crippen molar-refractivity contribution in [2.75, 3.05) is 0 Å². The van der Waals surface area contributed by atoms with E-state index in [4.69, 9.17) is 4.98 Å². The zero-order valence-corrected chi connectivity index (χ0v) is 25.1. The van der Waals surface area contributed by atoms with Crippen molar-refractivity contribution in [2.45, 2.75) is 5.40 Å². The van der Waals surface area contributed by atoms with Crippen molar-refractivity contribution in [2.24, 2.45) is 0 Å². The molecule has 212 valence electrons. The van der Waals surface area contributed by atoms with E-state index in [-0.39, 0.29) is 0 Å². The van der Waals surface area contributed by atoms with E-state index in [2.05, 4.69) is 113 Å². The average Bonchev–Trinajstić information content (AvgIpc) is 3.49. The van der Waals surface area contributed by atoms with Crippen molar-refractivity contribution in [3.05, 3.63) is 152 Å². The number of aliphatic hydroxyl groups is 1. The minimum absolute atomic E-state index is 0.617. The smallest absolute Gasteiger partial charge is 0.141 e. The lowest BCUT2D eigenvalue weighted by Crippen LogP contribution is -2.30. The molecule has 6 heteroatoms. The molecule has 0 unspecified atom stereocenters. The predicted molar refractivity (Wildman–Crippen MR) is 191 cm³/mol. The summed E-state index contributed by atoms with van der Waals surface area (Å²) in [6, 6.07) is 47.0. The van der Waals surface area contributed by atoms with E-state index >= 15 is 0 Å². The van der Waals surface area contributed by atoms with Gasteiger partial charge in [0, 0.05) is 18.1 Å². The zero-order valence-electron chi connectivity index (χ0n) is 25.1. The minimum atomic E-state index is -1.10. The van der Waals surface area contributed by atoms with E-state index in [9.17, 15) is 5.11 Å². The van der Waals surface area contributed by atoms with Gasteiger partial charge in [0.2, 0.25) is 0 Å². The van der Waals surface area contributed by atoms with Gasteiger partial charge in [0.1, 0.15) is 21.5 Å². The molecule has 1 N–H and O–H groups in total. The van der Waals surface area contributed by atoms with Gasteiger partial charge < -0.3 is 5.11 Å². The summed E-state index contributed by atoms with van der Waals surface area (Å²) < 4.78 is 2.06. The van der Waals surface area contributed by atoms with Crippen LogP contribution in [0.5, 0.6) is 0 Å². The maximum atomic E-state index is 11.0. The lowest BCUT2D eigenvalue weighted by atomic mass is 9.65. The molecule has 0 spiro atoms. The van der Waals surface area contributed by atoms with E-state index in [1.807, 2.05) is 42.7 Å². The van der Waals surface area contributed by atoms with Crippen molar-refractivity contribution < 1.29 is 5.11 Å². The van der Waals surface area contributed by atoms with Crippen LogP contribution in [0.25, 0.3) is 71.6 Å². The number of nitrogens with zero attached hydrogens (tertiary/aromatic N) is 3. The number of hydrogen-bond acceptors (Lipinski definition) is 3. The SMILES string of the molecule is BC(B)(O)c1nc2ccccc2n1-c1ccc(-c2c3ccccc3c(-c3ccc(-c4ccncc4)cc3)c3ccccc23)cc1. The van der Waals surface area contributed by atoms with Crippen LogP contribution in [0.2, 0.25) is 0 Å². The highest BCUT2D eigenvalue weighted by molar-refractivity contribution is 6.38. The first-order chi connectivity index (χ1) is 22.0. The molecule has 45 heavy (non-hydrogen) atoms. The summed E-state index contributed by atoms with van der Waals surface area (Å²) in [5.41, 5.74) is 9.90. The van der Waals surface area contributed by atoms with E-state index in [1.54, 1.807) is 15.7 Å². The van der Waals surface area contributed by atoms with Crippen molar-refractivity contribution in [3.8, 4) is 39.1 Å². The van der Waals surface area contributed by atoms with Crippen LogP contribution in [-0.2, 0) is 5.40 Å². The Kier molecular flexibility index (Phi) is 6.40. The summed E-state index contributed by atoms with van der Waals surface area (Å²) in [4.78, 5) is 8.96. The van der Waals surface area contributed by atoms with Crippen molar-refractivity contribution >= 4 is 48.3 Å². The fourth-order valence-electron chi connectivity index (χ4n) is 6.60. The first-order valence-electron chi connectivity index (χ1n) is 15.2. The Hall–Kier alpha value is -5.45. The molecule has 0 aliphatic rings. The maximum Gasteiger partial charge on any atom is 0.141 e. The van der Waals surface area contributed by atoms with E-state index < -0.39 is 5.40 Å². The molecule has 2 heterocycles. The second kappa shape index (κ2) is 10.6. The molecule has 0 aliphatic heterocycles. The van der Waals surface area contributed by atoms with Crippen LogP contribution >= 0.6 is 0 Å². The molecule has 8 aromatic rings. The number of hydrogen-bond donors (Lipinski definition) is 1. The van der Waals surface area contributed by atoms with E-state index in [0.717, 1.165) is 27.8 Å².